The van der Waals surface area contributed by atoms with Gasteiger partial charge in [-0.2, -0.15) is 4.98 Å². The number of anilines is 1. The Balaban J connectivity index is 1.49. The molecule has 3 rings (SSSR count). The number of aromatic amines is 2. The monoisotopic (exact) mass is 461 g/mol. The van der Waals surface area contributed by atoms with Gasteiger partial charge >= 0.3 is 11.9 Å². The number of nitrogens with one attached hydrogen (secondary N) is 3. The third kappa shape index (κ3) is 5.94. The van der Waals surface area contributed by atoms with E-state index >= 15 is 0 Å². The van der Waals surface area contributed by atoms with E-state index in [9.17, 15) is 19.2 Å². The summed E-state index contributed by atoms with van der Waals surface area (Å²) in [6, 6.07) is 2.22. The summed E-state index contributed by atoms with van der Waals surface area (Å²) < 4.78 is 0. The van der Waals surface area contributed by atoms with Gasteiger partial charge in [0.05, 0.1) is 10.3 Å². The molecule has 0 fully saturated rings. The number of thiophene rings is 1. The summed E-state index contributed by atoms with van der Waals surface area (Å²) >= 11 is 1.21. The van der Waals surface area contributed by atoms with Crippen LogP contribution in [0, 0.1) is 0 Å². The zero-order chi connectivity index (χ0) is 23.3. The average Bonchev–Trinajstić information content (AvgIpc) is 3.35. The lowest BCUT2D eigenvalue weighted by Gasteiger charge is -2.12. The molecule has 0 aliphatic heterocycles. The van der Waals surface area contributed by atoms with Crippen LogP contribution in [0.3, 0.4) is 0 Å². The SMILES string of the molecule is Nc1nc2[nH]c(CCCCc3csc(C(=O)N[C@H](CCC(=O)O)C(=O)O)c3)cc2c(=O)[nH]1. The van der Waals surface area contributed by atoms with Crippen molar-refractivity contribution >= 4 is 46.2 Å². The second kappa shape index (κ2) is 10.1. The van der Waals surface area contributed by atoms with Crippen molar-refractivity contribution in [3.05, 3.63) is 44.0 Å². The number of H-pyrrole nitrogens is 2. The molecule has 0 unspecified atom stereocenters. The smallest absolute Gasteiger partial charge is 0.326 e. The fraction of sp³-hybridized carbons (Fsp3) is 0.350. The summed E-state index contributed by atoms with van der Waals surface area (Å²) in [4.78, 5) is 56.1. The molecule has 3 aromatic heterocycles. The molecule has 0 radical (unpaired) electrons. The maximum atomic E-state index is 12.3. The third-order valence-electron chi connectivity index (χ3n) is 4.86. The van der Waals surface area contributed by atoms with E-state index in [-0.39, 0.29) is 24.3 Å². The van der Waals surface area contributed by atoms with Gasteiger partial charge in [0, 0.05) is 12.1 Å². The first-order valence-corrected chi connectivity index (χ1v) is 10.8. The number of rotatable bonds is 11. The minimum absolute atomic E-state index is 0.0600. The Hall–Kier alpha value is -3.67. The maximum Gasteiger partial charge on any atom is 0.326 e. The number of carbonyl (C=O) groups is 3. The van der Waals surface area contributed by atoms with Gasteiger partial charge in [-0.3, -0.25) is 19.4 Å². The van der Waals surface area contributed by atoms with Crippen molar-refractivity contribution in [1.82, 2.24) is 20.3 Å². The Kier molecular flexibility index (Phi) is 7.25. The van der Waals surface area contributed by atoms with Gasteiger partial charge in [0.2, 0.25) is 5.95 Å². The van der Waals surface area contributed by atoms with Crippen LogP contribution in [0.1, 0.15) is 46.6 Å². The van der Waals surface area contributed by atoms with E-state index in [1.807, 2.05) is 5.38 Å². The summed E-state index contributed by atoms with van der Waals surface area (Å²) in [5.41, 5.74) is 7.56. The predicted octanol–water partition coefficient (Wildman–Crippen LogP) is 1.51. The van der Waals surface area contributed by atoms with Crippen LogP contribution in [0.25, 0.3) is 11.0 Å². The number of hydrogen-bond donors (Lipinski definition) is 6. The van der Waals surface area contributed by atoms with Crippen LogP contribution in [-0.4, -0.2) is 49.1 Å². The molecule has 3 heterocycles. The van der Waals surface area contributed by atoms with E-state index < -0.39 is 23.9 Å². The first-order chi connectivity index (χ1) is 15.2. The predicted molar refractivity (Wildman–Crippen MR) is 118 cm³/mol. The van der Waals surface area contributed by atoms with E-state index in [0.717, 1.165) is 36.9 Å². The van der Waals surface area contributed by atoms with E-state index in [1.54, 1.807) is 12.1 Å². The molecule has 170 valence electrons. The van der Waals surface area contributed by atoms with Gasteiger partial charge in [0.25, 0.3) is 11.5 Å². The second-order valence-corrected chi connectivity index (χ2v) is 8.24. The molecule has 3 aromatic rings. The van der Waals surface area contributed by atoms with Crippen molar-refractivity contribution in [2.24, 2.45) is 0 Å². The largest absolute Gasteiger partial charge is 0.481 e. The molecule has 1 atom stereocenters. The van der Waals surface area contributed by atoms with Crippen LogP contribution < -0.4 is 16.6 Å². The fourth-order valence-corrected chi connectivity index (χ4v) is 4.10. The van der Waals surface area contributed by atoms with E-state index in [2.05, 4.69) is 20.3 Å². The number of carboxylic acids is 2. The van der Waals surface area contributed by atoms with Crippen molar-refractivity contribution in [3.63, 3.8) is 0 Å². The number of amides is 1. The minimum Gasteiger partial charge on any atom is -0.481 e. The number of hydrogen-bond acceptors (Lipinski definition) is 7. The lowest BCUT2D eigenvalue weighted by Crippen LogP contribution is -2.40. The number of aryl methyl sites for hydroxylation is 2. The highest BCUT2D eigenvalue weighted by Gasteiger charge is 2.22. The van der Waals surface area contributed by atoms with Crippen LogP contribution in [-0.2, 0) is 22.4 Å². The molecule has 7 N–H and O–H groups in total. The Morgan fingerprint density at radius 1 is 1.16 bits per heavy atom. The van der Waals surface area contributed by atoms with Crippen LogP contribution in [0.2, 0.25) is 0 Å². The van der Waals surface area contributed by atoms with Gasteiger partial charge in [-0.05, 0) is 55.2 Å². The summed E-state index contributed by atoms with van der Waals surface area (Å²) in [5.74, 6) is -2.87. The fourth-order valence-electron chi connectivity index (χ4n) is 3.25. The van der Waals surface area contributed by atoms with Gasteiger partial charge in [-0.1, -0.05) is 0 Å². The highest BCUT2D eigenvalue weighted by Crippen LogP contribution is 2.18. The van der Waals surface area contributed by atoms with Crippen molar-refractivity contribution in [1.29, 1.82) is 0 Å². The number of nitrogens with two attached hydrogens (primary N) is 1. The molecule has 12 heteroatoms. The molecule has 0 saturated carbocycles. The molecule has 11 nitrogen and oxygen atoms in total. The van der Waals surface area contributed by atoms with Crippen LogP contribution in [0.15, 0.2) is 22.3 Å². The number of aromatic nitrogens is 3. The molecule has 0 aliphatic rings. The summed E-state index contributed by atoms with van der Waals surface area (Å²) in [7, 11) is 0. The number of carboxylic acid groups (broad SMARTS) is 2. The number of fused-ring (bicyclic) bond motifs is 1. The van der Waals surface area contributed by atoms with E-state index in [1.165, 1.54) is 11.3 Å². The van der Waals surface area contributed by atoms with Gasteiger partial charge in [0.1, 0.15) is 11.7 Å². The Bertz CT molecular complexity index is 1200. The van der Waals surface area contributed by atoms with Crippen molar-refractivity contribution in [3.8, 4) is 0 Å². The molecular formula is C20H23N5O6S. The highest BCUT2D eigenvalue weighted by molar-refractivity contribution is 7.12. The normalized spacial score (nSPS) is 12.0. The van der Waals surface area contributed by atoms with Crippen LogP contribution in [0.4, 0.5) is 5.95 Å². The number of nitrogens with zero attached hydrogens (tertiary/aromatic N) is 1. The summed E-state index contributed by atoms with van der Waals surface area (Å²) in [6.45, 7) is 0. The van der Waals surface area contributed by atoms with Gasteiger partial charge in [-0.25, -0.2) is 4.79 Å². The number of nitrogen functional groups attached to an aromatic ring is 1. The van der Waals surface area contributed by atoms with Gasteiger partial charge in [0.15, 0.2) is 0 Å². The minimum atomic E-state index is -1.27. The van der Waals surface area contributed by atoms with Crippen LogP contribution >= 0.6 is 11.3 Å². The zero-order valence-electron chi connectivity index (χ0n) is 17.0. The van der Waals surface area contributed by atoms with E-state index in [0.29, 0.717) is 15.9 Å². The molecule has 0 bridgehead atoms. The third-order valence-corrected chi connectivity index (χ3v) is 5.84. The van der Waals surface area contributed by atoms with Crippen LogP contribution in [0.5, 0.6) is 0 Å². The molecule has 0 saturated heterocycles. The zero-order valence-corrected chi connectivity index (χ0v) is 17.8. The Morgan fingerprint density at radius 3 is 2.62 bits per heavy atom. The number of unbranched alkanes of at least 4 members (excludes halogenated alkanes) is 1. The lowest BCUT2D eigenvalue weighted by atomic mass is 10.1. The summed E-state index contributed by atoms with van der Waals surface area (Å²) in [6.07, 6.45) is 2.61. The van der Waals surface area contributed by atoms with E-state index in [4.69, 9.17) is 15.9 Å². The van der Waals surface area contributed by atoms with Gasteiger partial charge in [-0.15, -0.1) is 11.3 Å². The molecule has 0 aromatic carbocycles. The highest BCUT2D eigenvalue weighted by atomic mass is 32.1. The number of carbonyl (C=O) groups excluding carboxylic acids is 1. The Morgan fingerprint density at radius 2 is 1.91 bits per heavy atom. The molecule has 0 spiro atoms. The molecule has 0 aliphatic carbocycles. The molecular weight excluding hydrogens is 438 g/mol. The molecule has 32 heavy (non-hydrogen) atoms. The lowest BCUT2D eigenvalue weighted by molar-refractivity contribution is -0.140. The first-order valence-electron chi connectivity index (χ1n) is 9.93. The Labute approximate surface area is 185 Å². The summed E-state index contributed by atoms with van der Waals surface area (Å²) in [5, 5.41) is 22.5. The first kappa shape index (κ1) is 23.0. The molecule has 1 amide bonds. The average molecular weight is 462 g/mol. The van der Waals surface area contributed by atoms with Crippen molar-refractivity contribution in [2.75, 3.05) is 5.73 Å². The maximum absolute atomic E-state index is 12.3. The quantitative estimate of drug-likeness (QED) is 0.231. The van der Waals surface area contributed by atoms with Crippen molar-refractivity contribution in [2.45, 2.75) is 44.6 Å². The van der Waals surface area contributed by atoms with Gasteiger partial charge < -0.3 is 26.2 Å². The standard InChI is InChI=1S/C20H23N5O6S/c21-20-24-16-12(17(28)25-20)8-11(22-16)4-2-1-3-10-7-14(32-9-10)18(29)23-13(19(30)31)5-6-15(26)27/h7-9,13H,1-6H2,(H,23,29)(H,26,27)(H,30,31)(H4,21,22,24,25,28)/t13-/m1/s1. The second-order valence-electron chi connectivity index (χ2n) is 7.33. The van der Waals surface area contributed by atoms with Crippen molar-refractivity contribution < 1.29 is 24.6 Å². The number of aliphatic carboxylic acids is 2. The topological polar surface area (TPSA) is 191 Å².